The molecule has 7 rings (SSSR count). The van der Waals surface area contributed by atoms with Gasteiger partial charge in [-0.1, -0.05) is 133 Å². The fraction of sp³-hybridized carbons (Fsp3) is 0.0455. The molecule has 0 saturated carbocycles. The number of hydrogen-bond donors (Lipinski definition) is 0. The average Bonchev–Trinajstić information content (AvgIpc) is 3.15. The lowest BCUT2D eigenvalue weighted by Crippen LogP contribution is -2.34. The molecule has 230 valence electrons. The van der Waals surface area contributed by atoms with Gasteiger partial charge in [0.05, 0.1) is 12.3 Å². The molecular weight excluding hydrogens is 670 g/mol. The molecule has 7 aromatic carbocycles. The third-order valence-electron chi connectivity index (χ3n) is 9.12. The van der Waals surface area contributed by atoms with Gasteiger partial charge in [-0.05, 0) is 83.9 Å². The first kappa shape index (κ1) is 32.8. The van der Waals surface area contributed by atoms with Gasteiger partial charge in [0.15, 0.2) is 0 Å². The van der Waals surface area contributed by atoms with E-state index in [1.807, 2.05) is 0 Å². The van der Waals surface area contributed by atoms with E-state index in [4.69, 9.17) is 0 Å². The fourth-order valence-corrected chi connectivity index (χ4v) is 15.5. The van der Waals surface area contributed by atoms with Crippen LogP contribution < -0.4 is 31.8 Å². The van der Waals surface area contributed by atoms with Crippen molar-refractivity contribution in [3.8, 4) is 0 Å². The second kappa shape index (κ2) is 15.2. The smallest absolute Gasteiger partial charge is 0.114 e. The Morgan fingerprint density at radius 2 is 0.404 bits per heavy atom. The first-order chi connectivity index (χ1) is 22.8. The number of halogens is 1. The molecule has 0 bridgehead atoms. The van der Waals surface area contributed by atoms with Crippen LogP contribution in [0.1, 0.15) is 11.1 Å². The van der Waals surface area contributed by atoms with E-state index >= 15 is 0 Å². The van der Waals surface area contributed by atoms with Gasteiger partial charge < -0.3 is 0 Å². The molecule has 47 heavy (non-hydrogen) atoms. The summed E-state index contributed by atoms with van der Waals surface area (Å²) in [5.74, 6) is 0. The predicted molar refractivity (Wildman–Crippen MR) is 214 cm³/mol. The predicted octanol–water partition coefficient (Wildman–Crippen LogP) is 9.25. The zero-order valence-electron chi connectivity index (χ0n) is 26.3. The van der Waals surface area contributed by atoms with Crippen molar-refractivity contribution in [2.45, 2.75) is 12.3 Å². The molecule has 0 aliphatic carbocycles. The summed E-state index contributed by atoms with van der Waals surface area (Å²) in [6, 6.07) is 76.8. The lowest BCUT2D eigenvalue weighted by atomic mass is 10.1. The average molecular weight is 710 g/mol. The molecule has 0 aromatic heterocycles. The van der Waals surface area contributed by atoms with Gasteiger partial charge in [0, 0.05) is 0 Å². The molecule has 0 aliphatic heterocycles. The van der Waals surface area contributed by atoms with Crippen LogP contribution in [-0.2, 0) is 12.3 Å². The van der Waals surface area contributed by atoms with Crippen LogP contribution in [0.5, 0.6) is 0 Å². The number of benzene rings is 7. The van der Waals surface area contributed by atoms with Crippen molar-refractivity contribution in [2.24, 2.45) is 0 Å². The van der Waals surface area contributed by atoms with Crippen molar-refractivity contribution in [2.75, 3.05) is 0 Å². The van der Waals surface area contributed by atoms with Crippen LogP contribution in [0.15, 0.2) is 206 Å². The van der Waals surface area contributed by atoms with Crippen molar-refractivity contribution >= 4 is 63.3 Å². The van der Waals surface area contributed by atoms with Crippen molar-refractivity contribution in [1.82, 2.24) is 0 Å². The van der Waals surface area contributed by atoms with Gasteiger partial charge in [-0.2, -0.15) is 0 Å². The lowest BCUT2D eigenvalue weighted by molar-refractivity contribution is 1.26. The minimum Gasteiger partial charge on any atom is -0.114 e. The Bertz CT molecular complexity index is 1620. The molecule has 0 saturated heterocycles. The molecule has 0 N–H and O–H groups in total. The molecule has 0 heterocycles. The van der Waals surface area contributed by atoms with Crippen LogP contribution in [0, 0.1) is 0 Å². The lowest BCUT2D eigenvalue weighted by Gasteiger charge is -2.31. The van der Waals surface area contributed by atoms with Gasteiger partial charge in [-0.15, -0.1) is 17.0 Å². The van der Waals surface area contributed by atoms with E-state index in [0.29, 0.717) is 0 Å². The second-order valence-corrected chi connectivity index (χ2v) is 18.7. The van der Waals surface area contributed by atoms with E-state index in [1.165, 1.54) is 43.0 Å². The van der Waals surface area contributed by atoms with E-state index in [-0.39, 0.29) is 17.0 Å². The maximum atomic E-state index is 2.40. The molecule has 0 unspecified atom stereocenters. The molecule has 0 amide bonds. The summed E-state index contributed by atoms with van der Waals surface area (Å²) >= 11 is 0. The normalized spacial score (nSPS) is 11.4. The van der Waals surface area contributed by atoms with Crippen molar-refractivity contribution in [3.05, 3.63) is 217 Å². The van der Waals surface area contributed by atoms with Gasteiger partial charge in [-0.25, -0.2) is 0 Å². The standard InChI is InChI=1S/C44H38P2.BrH/c1-7-23-39(24-8-1)45(40-25-9-2-10-26-40,41-27-11-3-12-28-41)35-37-21-19-20-22-38(37)36-46(42-29-13-4-14-30-42,43-31-15-5-16-32-43)44-33-17-6-18-34-44;/h1-34H,35-36H2;1H/q+2;. The Hall–Kier alpha value is -4.12. The number of hydrogen-bond acceptors (Lipinski definition) is 0. The Morgan fingerprint density at radius 3 is 0.596 bits per heavy atom. The molecular formula is C44H39BrP2+2. The summed E-state index contributed by atoms with van der Waals surface area (Å²) in [7, 11) is -4.14. The third-order valence-corrected chi connectivity index (χ3v) is 17.8. The summed E-state index contributed by atoms with van der Waals surface area (Å²) in [6.07, 6.45) is 1.92. The topological polar surface area (TPSA) is 0 Å². The zero-order valence-corrected chi connectivity index (χ0v) is 29.8. The molecule has 0 atom stereocenters. The van der Waals surface area contributed by atoms with Gasteiger partial charge in [0.25, 0.3) is 0 Å². The van der Waals surface area contributed by atoms with Gasteiger partial charge >= 0.3 is 0 Å². The SMILES string of the molecule is Br.c1ccc([P+](Cc2ccccc2C[P+](c2ccccc2)(c2ccccc2)c2ccccc2)(c2ccccc2)c2ccccc2)cc1. The highest BCUT2D eigenvalue weighted by Gasteiger charge is 2.48. The molecule has 7 aromatic rings. The molecule has 0 spiro atoms. The van der Waals surface area contributed by atoms with Crippen molar-refractivity contribution in [3.63, 3.8) is 0 Å². The van der Waals surface area contributed by atoms with Crippen LogP contribution in [0.4, 0.5) is 0 Å². The van der Waals surface area contributed by atoms with E-state index in [0.717, 1.165) is 12.3 Å². The first-order valence-corrected chi connectivity index (χ1v) is 19.9. The zero-order chi connectivity index (χ0) is 31.1. The van der Waals surface area contributed by atoms with Gasteiger partial charge in [0.2, 0.25) is 0 Å². The van der Waals surface area contributed by atoms with E-state index in [9.17, 15) is 0 Å². The monoisotopic (exact) mass is 708 g/mol. The maximum Gasteiger partial charge on any atom is 0.116 e. The van der Waals surface area contributed by atoms with Crippen molar-refractivity contribution < 1.29 is 0 Å². The van der Waals surface area contributed by atoms with E-state index < -0.39 is 14.5 Å². The van der Waals surface area contributed by atoms with Crippen molar-refractivity contribution in [1.29, 1.82) is 0 Å². The van der Waals surface area contributed by atoms with Crippen LogP contribution >= 0.6 is 31.5 Å². The van der Waals surface area contributed by atoms with Crippen LogP contribution in [-0.4, -0.2) is 0 Å². The quantitative estimate of drug-likeness (QED) is 0.124. The first-order valence-electron chi connectivity index (χ1n) is 16.0. The van der Waals surface area contributed by atoms with Gasteiger partial charge in [-0.3, -0.25) is 0 Å². The highest BCUT2D eigenvalue weighted by molar-refractivity contribution is 8.93. The highest BCUT2D eigenvalue weighted by Crippen LogP contribution is 2.61. The molecule has 0 aliphatic rings. The Balaban J connectivity index is 0.00000386. The van der Waals surface area contributed by atoms with E-state index in [1.54, 1.807) is 0 Å². The minimum atomic E-state index is -2.07. The summed E-state index contributed by atoms with van der Waals surface area (Å²) in [6.45, 7) is 0. The summed E-state index contributed by atoms with van der Waals surface area (Å²) in [5.41, 5.74) is 2.86. The summed E-state index contributed by atoms with van der Waals surface area (Å²) in [5, 5.41) is 8.49. The minimum absolute atomic E-state index is 0. The largest absolute Gasteiger partial charge is 0.116 e. The summed E-state index contributed by atoms with van der Waals surface area (Å²) < 4.78 is 0. The highest BCUT2D eigenvalue weighted by atomic mass is 79.9. The van der Waals surface area contributed by atoms with Gasteiger partial charge in [0.1, 0.15) is 46.4 Å². The molecule has 0 radical (unpaired) electrons. The Morgan fingerprint density at radius 1 is 0.234 bits per heavy atom. The van der Waals surface area contributed by atoms with Crippen LogP contribution in [0.25, 0.3) is 0 Å². The third kappa shape index (κ3) is 6.54. The van der Waals surface area contributed by atoms with Crippen LogP contribution in [0.3, 0.4) is 0 Å². The maximum absolute atomic E-state index is 2.40. The molecule has 0 nitrogen and oxygen atoms in total. The molecule has 3 heteroatoms. The van der Waals surface area contributed by atoms with E-state index in [2.05, 4.69) is 206 Å². The van der Waals surface area contributed by atoms with Crippen LogP contribution in [0.2, 0.25) is 0 Å². The Kier molecular flexibility index (Phi) is 10.6. The molecule has 0 fully saturated rings. The second-order valence-electron chi connectivity index (χ2n) is 11.7. The number of rotatable bonds is 10. The fourth-order valence-electron chi connectivity index (χ4n) is 6.91. The Labute approximate surface area is 291 Å². The summed E-state index contributed by atoms with van der Waals surface area (Å²) in [4.78, 5) is 0.